The van der Waals surface area contributed by atoms with Gasteiger partial charge in [0.1, 0.15) is 11.3 Å². The zero-order valence-electron chi connectivity index (χ0n) is 7.62. The van der Waals surface area contributed by atoms with Crippen molar-refractivity contribution in [2.75, 3.05) is 0 Å². The molecule has 16 heavy (non-hydrogen) atoms. The summed E-state index contributed by atoms with van der Waals surface area (Å²) in [6, 6.07) is 2.38. The molecule has 1 aromatic heterocycles. The van der Waals surface area contributed by atoms with Crippen LogP contribution in [0.1, 0.15) is 0 Å². The van der Waals surface area contributed by atoms with Crippen molar-refractivity contribution in [3.8, 4) is 5.75 Å². The van der Waals surface area contributed by atoms with E-state index in [1.54, 1.807) is 0 Å². The average molecular weight is 293 g/mol. The standard InChI is InChI=1S/C9H4BrF3N2O/c10-6-3-5(16-9(11,12)13)4-7-8(6)15-2-1-14-7/h1-4H. The second kappa shape index (κ2) is 3.89. The van der Waals surface area contributed by atoms with Crippen LogP contribution in [0.25, 0.3) is 11.0 Å². The Morgan fingerprint density at radius 1 is 1.12 bits per heavy atom. The first-order valence-electron chi connectivity index (χ1n) is 4.12. The first-order chi connectivity index (χ1) is 7.46. The first kappa shape index (κ1) is 11.1. The molecule has 0 spiro atoms. The summed E-state index contributed by atoms with van der Waals surface area (Å²) in [7, 11) is 0. The van der Waals surface area contributed by atoms with E-state index in [1.807, 2.05) is 0 Å². The molecule has 0 fully saturated rings. The van der Waals surface area contributed by atoms with E-state index in [1.165, 1.54) is 24.5 Å². The molecule has 0 saturated heterocycles. The number of fused-ring (bicyclic) bond motifs is 1. The molecule has 1 aromatic carbocycles. The number of hydrogen-bond acceptors (Lipinski definition) is 3. The molecule has 2 rings (SSSR count). The number of rotatable bonds is 1. The molecule has 0 aliphatic rings. The van der Waals surface area contributed by atoms with Crippen molar-refractivity contribution in [3.63, 3.8) is 0 Å². The lowest BCUT2D eigenvalue weighted by Crippen LogP contribution is -2.17. The van der Waals surface area contributed by atoms with Crippen LogP contribution in [0.5, 0.6) is 5.75 Å². The van der Waals surface area contributed by atoms with Gasteiger partial charge in [-0.15, -0.1) is 13.2 Å². The number of nitrogens with zero attached hydrogens (tertiary/aromatic N) is 2. The molecular formula is C9H4BrF3N2O. The second-order valence-electron chi connectivity index (χ2n) is 2.88. The third-order valence-electron chi connectivity index (χ3n) is 1.73. The zero-order chi connectivity index (χ0) is 11.8. The summed E-state index contributed by atoms with van der Waals surface area (Å²) in [6.07, 6.45) is -1.86. The Morgan fingerprint density at radius 2 is 1.81 bits per heavy atom. The van der Waals surface area contributed by atoms with Crippen LogP contribution < -0.4 is 4.74 Å². The minimum Gasteiger partial charge on any atom is -0.406 e. The molecule has 0 saturated carbocycles. The highest BCUT2D eigenvalue weighted by atomic mass is 79.9. The third-order valence-corrected chi connectivity index (χ3v) is 2.34. The summed E-state index contributed by atoms with van der Waals surface area (Å²) >= 11 is 3.11. The van der Waals surface area contributed by atoms with Crippen LogP contribution in [0.2, 0.25) is 0 Å². The SMILES string of the molecule is FC(F)(F)Oc1cc(Br)c2nccnc2c1. The van der Waals surface area contributed by atoms with Gasteiger partial charge in [0.05, 0.1) is 5.52 Å². The molecule has 0 N–H and O–H groups in total. The van der Waals surface area contributed by atoms with Gasteiger partial charge in [-0.25, -0.2) is 0 Å². The number of benzene rings is 1. The fraction of sp³-hybridized carbons (Fsp3) is 0.111. The number of ether oxygens (including phenoxy) is 1. The van der Waals surface area contributed by atoms with Crippen molar-refractivity contribution < 1.29 is 17.9 Å². The van der Waals surface area contributed by atoms with Gasteiger partial charge in [-0.3, -0.25) is 9.97 Å². The van der Waals surface area contributed by atoms with Crippen LogP contribution >= 0.6 is 15.9 Å². The third kappa shape index (κ3) is 2.41. The number of hydrogen-bond donors (Lipinski definition) is 0. The van der Waals surface area contributed by atoms with E-state index in [2.05, 4.69) is 30.6 Å². The van der Waals surface area contributed by atoms with Crippen molar-refractivity contribution in [2.24, 2.45) is 0 Å². The smallest absolute Gasteiger partial charge is 0.406 e. The Morgan fingerprint density at radius 3 is 2.50 bits per heavy atom. The maximum atomic E-state index is 12.0. The molecular weight excluding hydrogens is 289 g/mol. The minimum absolute atomic E-state index is 0.327. The summed E-state index contributed by atoms with van der Waals surface area (Å²) in [5.41, 5.74) is 0.813. The van der Waals surface area contributed by atoms with E-state index in [0.29, 0.717) is 15.5 Å². The summed E-state index contributed by atoms with van der Waals surface area (Å²) in [6.45, 7) is 0. The average Bonchev–Trinajstić information content (AvgIpc) is 2.15. The summed E-state index contributed by atoms with van der Waals surface area (Å²) in [5.74, 6) is -0.327. The van der Waals surface area contributed by atoms with Crippen LogP contribution in [0, 0.1) is 0 Å². The molecule has 0 bridgehead atoms. The van der Waals surface area contributed by atoms with Gasteiger partial charge in [0.25, 0.3) is 0 Å². The van der Waals surface area contributed by atoms with E-state index >= 15 is 0 Å². The molecule has 84 valence electrons. The van der Waals surface area contributed by atoms with E-state index in [9.17, 15) is 13.2 Å². The molecule has 3 nitrogen and oxygen atoms in total. The van der Waals surface area contributed by atoms with Gasteiger partial charge >= 0.3 is 6.36 Å². The fourth-order valence-electron chi connectivity index (χ4n) is 1.20. The zero-order valence-corrected chi connectivity index (χ0v) is 9.21. The predicted octanol–water partition coefficient (Wildman–Crippen LogP) is 3.29. The van der Waals surface area contributed by atoms with Crippen molar-refractivity contribution in [1.29, 1.82) is 0 Å². The number of halogens is 4. The van der Waals surface area contributed by atoms with Crippen molar-refractivity contribution in [1.82, 2.24) is 9.97 Å². The first-order valence-corrected chi connectivity index (χ1v) is 4.91. The van der Waals surface area contributed by atoms with Crippen molar-refractivity contribution in [2.45, 2.75) is 6.36 Å². The molecule has 0 atom stereocenters. The van der Waals surface area contributed by atoms with Crippen LogP contribution in [-0.4, -0.2) is 16.3 Å². The van der Waals surface area contributed by atoms with Gasteiger partial charge in [-0.05, 0) is 22.0 Å². The van der Waals surface area contributed by atoms with Gasteiger partial charge < -0.3 is 4.74 Å². The van der Waals surface area contributed by atoms with Gasteiger partial charge in [0, 0.05) is 22.9 Å². The van der Waals surface area contributed by atoms with Gasteiger partial charge in [0.2, 0.25) is 0 Å². The number of alkyl halides is 3. The monoisotopic (exact) mass is 292 g/mol. The van der Waals surface area contributed by atoms with E-state index in [-0.39, 0.29) is 5.75 Å². The maximum Gasteiger partial charge on any atom is 0.573 e. The Kier molecular flexibility index (Phi) is 2.71. The van der Waals surface area contributed by atoms with Gasteiger partial charge in [-0.1, -0.05) is 0 Å². The molecule has 2 aromatic rings. The molecule has 7 heteroatoms. The van der Waals surface area contributed by atoms with Crippen LogP contribution in [0.15, 0.2) is 29.0 Å². The van der Waals surface area contributed by atoms with Crippen LogP contribution in [0.3, 0.4) is 0 Å². The lowest BCUT2D eigenvalue weighted by Gasteiger charge is -2.09. The predicted molar refractivity (Wildman–Crippen MR) is 53.9 cm³/mol. The second-order valence-corrected chi connectivity index (χ2v) is 3.73. The Balaban J connectivity index is 2.50. The molecule has 0 amide bonds. The van der Waals surface area contributed by atoms with E-state index in [0.717, 1.165) is 0 Å². The van der Waals surface area contributed by atoms with Crippen molar-refractivity contribution in [3.05, 3.63) is 29.0 Å². The van der Waals surface area contributed by atoms with Gasteiger partial charge in [-0.2, -0.15) is 0 Å². The Hall–Kier alpha value is -1.37. The van der Waals surface area contributed by atoms with Crippen molar-refractivity contribution >= 4 is 27.0 Å². The lowest BCUT2D eigenvalue weighted by atomic mass is 10.3. The highest BCUT2D eigenvalue weighted by Crippen LogP contribution is 2.30. The lowest BCUT2D eigenvalue weighted by molar-refractivity contribution is -0.274. The summed E-state index contributed by atoms with van der Waals surface area (Å²) in [5, 5.41) is 0. The molecule has 0 radical (unpaired) electrons. The topological polar surface area (TPSA) is 35.0 Å². The Labute approximate surface area is 96.4 Å². The summed E-state index contributed by atoms with van der Waals surface area (Å²) < 4.78 is 40.2. The number of aromatic nitrogens is 2. The highest BCUT2D eigenvalue weighted by Gasteiger charge is 2.31. The quantitative estimate of drug-likeness (QED) is 0.809. The normalized spacial score (nSPS) is 11.8. The molecule has 0 aliphatic heterocycles. The van der Waals surface area contributed by atoms with Crippen LogP contribution in [0.4, 0.5) is 13.2 Å². The maximum absolute atomic E-state index is 12.0. The fourth-order valence-corrected chi connectivity index (χ4v) is 1.73. The molecule has 1 heterocycles. The summed E-state index contributed by atoms with van der Waals surface area (Å²) in [4.78, 5) is 7.87. The molecule has 0 aliphatic carbocycles. The largest absolute Gasteiger partial charge is 0.573 e. The van der Waals surface area contributed by atoms with Crippen LogP contribution in [-0.2, 0) is 0 Å². The van der Waals surface area contributed by atoms with E-state index in [4.69, 9.17) is 0 Å². The highest BCUT2D eigenvalue weighted by molar-refractivity contribution is 9.10. The molecule has 0 unspecified atom stereocenters. The minimum atomic E-state index is -4.71. The van der Waals surface area contributed by atoms with Gasteiger partial charge in [0.15, 0.2) is 0 Å². The van der Waals surface area contributed by atoms with E-state index < -0.39 is 6.36 Å². The Bertz CT molecular complexity index is 530.